The van der Waals surface area contributed by atoms with Gasteiger partial charge in [-0.15, -0.1) is 5.10 Å². The number of nitrogens with one attached hydrogen (secondary N) is 1. The predicted molar refractivity (Wildman–Crippen MR) is 110 cm³/mol. The molecule has 4 aromatic rings. The van der Waals surface area contributed by atoms with Gasteiger partial charge in [0, 0.05) is 48.5 Å². The molecule has 0 aliphatic heterocycles. The Kier molecular flexibility index (Phi) is 4.55. The molecule has 1 aliphatic carbocycles. The summed E-state index contributed by atoms with van der Waals surface area (Å²) >= 11 is 0. The van der Waals surface area contributed by atoms with Gasteiger partial charge in [0.25, 0.3) is 5.91 Å². The van der Waals surface area contributed by atoms with E-state index in [1.165, 1.54) is 4.68 Å². The van der Waals surface area contributed by atoms with Crippen LogP contribution in [-0.4, -0.2) is 41.8 Å². The summed E-state index contributed by atoms with van der Waals surface area (Å²) in [7, 11) is 0. The van der Waals surface area contributed by atoms with E-state index in [1.807, 2.05) is 12.1 Å². The number of aromatic nitrogens is 6. The largest absolute Gasteiger partial charge is 0.350 e. The molecule has 0 unspecified atom stereocenters. The molecule has 3 heterocycles. The van der Waals surface area contributed by atoms with Gasteiger partial charge < -0.3 is 5.32 Å². The Bertz CT molecular complexity index is 1280. The van der Waals surface area contributed by atoms with Crippen LogP contribution in [0, 0.1) is 0 Å². The van der Waals surface area contributed by atoms with Crippen LogP contribution >= 0.6 is 0 Å². The van der Waals surface area contributed by atoms with E-state index in [4.69, 9.17) is 0 Å². The Labute approximate surface area is 171 Å². The Morgan fingerprint density at radius 2 is 1.93 bits per heavy atom. The minimum absolute atomic E-state index is 0.161. The highest BCUT2D eigenvalue weighted by molar-refractivity contribution is 5.97. The van der Waals surface area contributed by atoms with Crippen LogP contribution in [0.15, 0.2) is 59.9 Å². The van der Waals surface area contributed by atoms with Crippen LogP contribution in [0.5, 0.6) is 0 Å². The number of rotatable bonds is 6. The van der Waals surface area contributed by atoms with Gasteiger partial charge in [0.15, 0.2) is 5.82 Å². The van der Waals surface area contributed by atoms with Crippen LogP contribution in [0.3, 0.4) is 0 Å². The Morgan fingerprint density at radius 1 is 1.10 bits per heavy atom. The van der Waals surface area contributed by atoms with Gasteiger partial charge in [-0.3, -0.25) is 24.3 Å². The molecule has 0 spiro atoms. The number of carbonyl (C=O) groups excluding carboxylic acids is 1. The lowest BCUT2D eigenvalue weighted by Gasteiger charge is -2.05. The lowest BCUT2D eigenvalue weighted by molar-refractivity contribution is 0.0952. The first kappa shape index (κ1) is 18.2. The minimum Gasteiger partial charge on any atom is -0.350 e. The van der Waals surface area contributed by atoms with Crippen LogP contribution in [0.1, 0.15) is 29.2 Å². The summed E-state index contributed by atoms with van der Waals surface area (Å²) in [6, 6.07) is 9.08. The molecule has 9 heteroatoms. The fraction of sp³-hybridized carbons (Fsp3) is 0.238. The first-order valence-electron chi connectivity index (χ1n) is 9.79. The van der Waals surface area contributed by atoms with Crippen molar-refractivity contribution in [2.45, 2.75) is 25.4 Å². The van der Waals surface area contributed by atoms with Crippen molar-refractivity contribution in [3.63, 3.8) is 0 Å². The maximum absolute atomic E-state index is 12.9. The van der Waals surface area contributed by atoms with E-state index in [0.717, 1.165) is 23.9 Å². The van der Waals surface area contributed by atoms with E-state index in [1.54, 1.807) is 47.6 Å². The van der Waals surface area contributed by atoms with Crippen molar-refractivity contribution >= 4 is 16.9 Å². The topological polar surface area (TPSA) is 108 Å². The average molecular weight is 401 g/mol. The molecular weight excluding hydrogens is 382 g/mol. The van der Waals surface area contributed by atoms with Gasteiger partial charge in [0.05, 0.1) is 17.6 Å². The normalized spacial score (nSPS) is 13.5. The zero-order chi connectivity index (χ0) is 20.5. The number of hydrogen-bond donors (Lipinski definition) is 1. The zero-order valence-electron chi connectivity index (χ0n) is 16.1. The van der Waals surface area contributed by atoms with E-state index >= 15 is 0 Å². The average Bonchev–Trinajstić information content (AvgIpc) is 3.57. The fourth-order valence-corrected chi connectivity index (χ4v) is 3.40. The number of nitrogens with zero attached hydrogens (tertiary/aromatic N) is 6. The van der Waals surface area contributed by atoms with Crippen LogP contribution in [-0.2, 0) is 6.54 Å². The minimum atomic E-state index is -0.232. The van der Waals surface area contributed by atoms with E-state index in [9.17, 15) is 9.59 Å². The second-order valence-electron chi connectivity index (χ2n) is 7.19. The standard InChI is InChI=1S/C21H19N7O2/c29-20(14-3-6-17-18(12-14)24-9-8-23-17)25-10-11-27-21(30)28(16-4-5-16)19(26-27)15-2-1-7-22-13-15/h1-3,6-9,12-13,16H,4-5,10-11H2,(H,25,29). The van der Waals surface area contributed by atoms with E-state index in [0.29, 0.717) is 16.9 Å². The van der Waals surface area contributed by atoms with Gasteiger partial charge in [0.2, 0.25) is 0 Å². The molecule has 0 saturated heterocycles. The first-order chi connectivity index (χ1) is 14.7. The fourth-order valence-electron chi connectivity index (χ4n) is 3.40. The number of carbonyl (C=O) groups is 1. The number of hydrogen-bond acceptors (Lipinski definition) is 6. The van der Waals surface area contributed by atoms with E-state index in [-0.39, 0.29) is 30.7 Å². The van der Waals surface area contributed by atoms with Crippen molar-refractivity contribution in [2.24, 2.45) is 0 Å². The van der Waals surface area contributed by atoms with Gasteiger partial charge in [-0.05, 0) is 43.2 Å². The Hall–Kier alpha value is -3.88. The van der Waals surface area contributed by atoms with Crippen LogP contribution in [0.25, 0.3) is 22.4 Å². The highest BCUT2D eigenvalue weighted by atomic mass is 16.2. The molecule has 0 atom stereocenters. The molecule has 0 bridgehead atoms. The van der Waals surface area contributed by atoms with Crippen molar-refractivity contribution in [1.82, 2.24) is 34.6 Å². The summed E-state index contributed by atoms with van der Waals surface area (Å²) in [5.74, 6) is 0.389. The molecule has 3 aromatic heterocycles. The van der Waals surface area contributed by atoms with Gasteiger partial charge >= 0.3 is 5.69 Å². The number of benzene rings is 1. The van der Waals surface area contributed by atoms with Crippen molar-refractivity contribution in [2.75, 3.05) is 6.54 Å². The Morgan fingerprint density at radius 3 is 2.70 bits per heavy atom. The maximum Gasteiger partial charge on any atom is 0.346 e. The highest BCUT2D eigenvalue weighted by Gasteiger charge is 2.30. The summed E-state index contributed by atoms with van der Waals surface area (Å²) in [4.78, 5) is 37.9. The molecule has 1 N–H and O–H groups in total. The molecule has 1 fully saturated rings. The van der Waals surface area contributed by atoms with E-state index < -0.39 is 0 Å². The molecule has 1 aliphatic rings. The van der Waals surface area contributed by atoms with Gasteiger partial charge in [-0.2, -0.15) is 0 Å². The van der Waals surface area contributed by atoms with Crippen molar-refractivity contribution in [1.29, 1.82) is 0 Å². The molecule has 1 aromatic carbocycles. The van der Waals surface area contributed by atoms with Gasteiger partial charge in [0.1, 0.15) is 0 Å². The zero-order valence-corrected chi connectivity index (χ0v) is 16.1. The number of fused-ring (bicyclic) bond motifs is 1. The molecular formula is C21H19N7O2. The lowest BCUT2D eigenvalue weighted by Crippen LogP contribution is -2.32. The van der Waals surface area contributed by atoms with Crippen LogP contribution in [0.2, 0.25) is 0 Å². The molecule has 150 valence electrons. The van der Waals surface area contributed by atoms with Crippen molar-refractivity contribution < 1.29 is 4.79 Å². The summed E-state index contributed by atoms with van der Waals surface area (Å²) in [5.41, 5.74) is 2.53. The molecule has 0 radical (unpaired) electrons. The third kappa shape index (κ3) is 3.45. The molecule has 9 nitrogen and oxygen atoms in total. The van der Waals surface area contributed by atoms with Crippen molar-refractivity contribution in [3.05, 3.63) is 71.2 Å². The number of pyridine rings is 1. The van der Waals surface area contributed by atoms with Gasteiger partial charge in [-0.1, -0.05) is 0 Å². The quantitative estimate of drug-likeness (QED) is 0.528. The molecule has 1 saturated carbocycles. The second kappa shape index (κ2) is 7.51. The maximum atomic E-state index is 12.9. The molecule has 30 heavy (non-hydrogen) atoms. The predicted octanol–water partition coefficient (Wildman–Crippen LogP) is 1.81. The highest BCUT2D eigenvalue weighted by Crippen LogP contribution is 2.36. The molecule has 1 amide bonds. The first-order valence-corrected chi connectivity index (χ1v) is 9.79. The SMILES string of the molecule is O=C(NCCn1nc(-c2cccnc2)n(C2CC2)c1=O)c1ccc2nccnc2c1. The molecule has 5 rings (SSSR count). The summed E-state index contributed by atoms with van der Waals surface area (Å²) < 4.78 is 3.15. The van der Waals surface area contributed by atoms with Crippen LogP contribution in [0.4, 0.5) is 0 Å². The van der Waals surface area contributed by atoms with E-state index in [2.05, 4.69) is 25.4 Å². The third-order valence-electron chi connectivity index (χ3n) is 5.04. The third-order valence-corrected chi connectivity index (χ3v) is 5.04. The Balaban J connectivity index is 1.31. The summed E-state index contributed by atoms with van der Waals surface area (Å²) in [6.45, 7) is 0.566. The smallest absolute Gasteiger partial charge is 0.346 e. The summed E-state index contributed by atoms with van der Waals surface area (Å²) in [6.07, 6.45) is 8.54. The number of amides is 1. The van der Waals surface area contributed by atoms with Crippen LogP contribution < -0.4 is 11.0 Å². The second-order valence-corrected chi connectivity index (χ2v) is 7.19. The van der Waals surface area contributed by atoms with Gasteiger partial charge in [-0.25, -0.2) is 9.48 Å². The monoisotopic (exact) mass is 401 g/mol. The lowest BCUT2D eigenvalue weighted by atomic mass is 10.2. The summed E-state index contributed by atoms with van der Waals surface area (Å²) in [5, 5.41) is 7.35. The van der Waals surface area contributed by atoms with Crippen molar-refractivity contribution in [3.8, 4) is 11.4 Å².